The van der Waals surface area contributed by atoms with Crippen LogP contribution >= 0.6 is 11.6 Å². The van der Waals surface area contributed by atoms with E-state index in [1.54, 1.807) is 12.1 Å². The average Bonchev–Trinajstić information content (AvgIpc) is 2.33. The van der Waals surface area contributed by atoms with E-state index in [9.17, 15) is 4.39 Å². The molecule has 0 atom stereocenters. The Morgan fingerprint density at radius 1 is 1.56 bits per heavy atom. The Balaban J connectivity index is 2.87. The molecule has 3 N–H and O–H groups in total. The van der Waals surface area contributed by atoms with Crippen LogP contribution < -0.4 is 5.73 Å². The molecule has 0 unspecified atom stereocenters. The molecule has 0 aromatic heterocycles. The van der Waals surface area contributed by atoms with E-state index in [-0.39, 0.29) is 16.9 Å². The van der Waals surface area contributed by atoms with Crippen molar-refractivity contribution in [3.8, 4) is 0 Å². The van der Waals surface area contributed by atoms with E-state index in [4.69, 9.17) is 22.5 Å². The second kappa shape index (κ2) is 6.56. The summed E-state index contributed by atoms with van der Waals surface area (Å²) in [6.07, 6.45) is 0. The molecule has 0 radical (unpaired) electrons. The van der Waals surface area contributed by atoms with Crippen LogP contribution in [0, 0.1) is 5.82 Å². The van der Waals surface area contributed by atoms with Crippen LogP contribution in [0.4, 0.5) is 4.39 Å². The smallest absolute Gasteiger partial charge is 0.153 e. The Morgan fingerprint density at radius 2 is 2.22 bits per heavy atom. The molecule has 1 rings (SSSR count). The Bertz CT molecular complexity index is 437. The van der Waals surface area contributed by atoms with Gasteiger partial charge in [0, 0.05) is 12.6 Å². The van der Waals surface area contributed by atoms with Gasteiger partial charge in [0.2, 0.25) is 0 Å². The van der Waals surface area contributed by atoms with Crippen molar-refractivity contribution in [2.75, 3.05) is 6.54 Å². The molecule has 100 valence electrons. The third kappa shape index (κ3) is 3.85. The van der Waals surface area contributed by atoms with Crippen molar-refractivity contribution in [1.29, 1.82) is 0 Å². The Hall–Kier alpha value is -1.33. The van der Waals surface area contributed by atoms with Crippen LogP contribution in [0.5, 0.6) is 0 Å². The van der Waals surface area contributed by atoms with E-state index in [2.05, 4.69) is 5.16 Å². The number of hydrogen-bond acceptors (Lipinski definition) is 3. The molecule has 1 aromatic carbocycles. The molecule has 0 bridgehead atoms. The van der Waals surface area contributed by atoms with E-state index < -0.39 is 5.82 Å². The molecular weight excluding hydrogens is 257 g/mol. The van der Waals surface area contributed by atoms with Crippen molar-refractivity contribution in [3.05, 3.63) is 34.6 Å². The van der Waals surface area contributed by atoms with Gasteiger partial charge in [0.1, 0.15) is 5.82 Å². The maximum Gasteiger partial charge on any atom is 0.153 e. The molecule has 0 saturated carbocycles. The van der Waals surface area contributed by atoms with Crippen LogP contribution in [0.3, 0.4) is 0 Å². The number of oxime groups is 1. The minimum absolute atomic E-state index is 0.108. The largest absolute Gasteiger partial charge is 0.409 e. The topological polar surface area (TPSA) is 61.8 Å². The second-order valence-corrected chi connectivity index (χ2v) is 4.68. The normalized spacial score (nSPS) is 12.4. The number of rotatable bonds is 5. The summed E-state index contributed by atoms with van der Waals surface area (Å²) < 4.78 is 13.3. The predicted octanol–water partition coefficient (Wildman–Crippen LogP) is 2.44. The third-order valence-electron chi connectivity index (χ3n) is 2.63. The SMILES string of the molecule is CC(C)N(C/C(N)=N/O)Cc1cccc(F)c1Cl. The molecule has 0 fully saturated rings. The van der Waals surface area contributed by atoms with Gasteiger partial charge in [0.05, 0.1) is 11.6 Å². The molecule has 0 aliphatic carbocycles. The molecule has 6 heteroatoms. The quantitative estimate of drug-likeness (QED) is 0.375. The molecule has 18 heavy (non-hydrogen) atoms. The van der Waals surface area contributed by atoms with Gasteiger partial charge in [0.15, 0.2) is 5.84 Å². The molecule has 0 spiro atoms. The average molecular weight is 274 g/mol. The maximum atomic E-state index is 13.3. The highest BCUT2D eigenvalue weighted by Crippen LogP contribution is 2.21. The summed E-state index contributed by atoms with van der Waals surface area (Å²) in [6.45, 7) is 4.67. The minimum atomic E-state index is -0.443. The Morgan fingerprint density at radius 3 is 2.78 bits per heavy atom. The van der Waals surface area contributed by atoms with E-state index in [1.807, 2.05) is 18.7 Å². The summed E-state index contributed by atoms with van der Waals surface area (Å²) in [6, 6.07) is 4.84. The molecule has 4 nitrogen and oxygen atoms in total. The zero-order chi connectivity index (χ0) is 13.7. The lowest BCUT2D eigenvalue weighted by Gasteiger charge is -2.26. The number of hydrogen-bond donors (Lipinski definition) is 2. The first-order valence-corrected chi connectivity index (χ1v) is 5.96. The monoisotopic (exact) mass is 273 g/mol. The first-order chi connectivity index (χ1) is 8.45. The van der Waals surface area contributed by atoms with Gasteiger partial charge in [-0.05, 0) is 25.5 Å². The maximum absolute atomic E-state index is 13.3. The lowest BCUT2D eigenvalue weighted by Crippen LogP contribution is -2.38. The summed E-state index contributed by atoms with van der Waals surface area (Å²) >= 11 is 5.90. The van der Waals surface area contributed by atoms with Gasteiger partial charge in [-0.15, -0.1) is 0 Å². The molecular formula is C12H17ClFN3O. The van der Waals surface area contributed by atoms with Crippen LogP contribution in [0.1, 0.15) is 19.4 Å². The lowest BCUT2D eigenvalue weighted by molar-refractivity contribution is 0.238. The summed E-state index contributed by atoms with van der Waals surface area (Å²) in [5.74, 6) is -0.335. The van der Waals surface area contributed by atoms with E-state index in [0.29, 0.717) is 18.7 Å². The number of nitrogens with two attached hydrogens (primary N) is 1. The van der Waals surface area contributed by atoms with Crippen molar-refractivity contribution in [2.24, 2.45) is 10.9 Å². The number of nitrogens with zero attached hydrogens (tertiary/aromatic N) is 2. The van der Waals surface area contributed by atoms with Gasteiger partial charge in [-0.2, -0.15) is 0 Å². The highest BCUT2D eigenvalue weighted by molar-refractivity contribution is 6.31. The van der Waals surface area contributed by atoms with Gasteiger partial charge in [-0.3, -0.25) is 4.90 Å². The van der Waals surface area contributed by atoms with Crippen LogP contribution in [-0.2, 0) is 6.54 Å². The van der Waals surface area contributed by atoms with Crippen molar-refractivity contribution < 1.29 is 9.60 Å². The summed E-state index contributed by atoms with van der Waals surface area (Å²) in [5.41, 5.74) is 6.16. The van der Waals surface area contributed by atoms with E-state index in [0.717, 1.165) is 0 Å². The fourth-order valence-electron chi connectivity index (χ4n) is 1.55. The molecule has 0 amide bonds. The van der Waals surface area contributed by atoms with Crippen LogP contribution in [0.15, 0.2) is 23.4 Å². The van der Waals surface area contributed by atoms with Gasteiger partial charge in [-0.25, -0.2) is 4.39 Å². The molecule has 0 heterocycles. The highest BCUT2D eigenvalue weighted by Gasteiger charge is 2.15. The minimum Gasteiger partial charge on any atom is -0.409 e. The molecule has 0 aliphatic rings. The summed E-state index contributed by atoms with van der Waals surface area (Å²) in [5, 5.41) is 11.6. The van der Waals surface area contributed by atoms with Crippen molar-refractivity contribution in [3.63, 3.8) is 0 Å². The first-order valence-electron chi connectivity index (χ1n) is 5.59. The number of amidine groups is 1. The van der Waals surface area contributed by atoms with Gasteiger partial charge in [-0.1, -0.05) is 28.9 Å². The second-order valence-electron chi connectivity index (χ2n) is 4.30. The highest BCUT2D eigenvalue weighted by atomic mass is 35.5. The fraction of sp³-hybridized carbons (Fsp3) is 0.417. The van der Waals surface area contributed by atoms with Crippen molar-refractivity contribution >= 4 is 17.4 Å². The first kappa shape index (κ1) is 14.7. The Kier molecular flexibility index (Phi) is 5.37. The van der Waals surface area contributed by atoms with Crippen LogP contribution in [0.25, 0.3) is 0 Å². The summed E-state index contributed by atoms with van der Waals surface area (Å²) in [4.78, 5) is 1.93. The number of halogens is 2. The zero-order valence-corrected chi connectivity index (χ0v) is 11.2. The third-order valence-corrected chi connectivity index (χ3v) is 3.05. The van der Waals surface area contributed by atoms with Gasteiger partial charge < -0.3 is 10.9 Å². The molecule has 0 saturated heterocycles. The summed E-state index contributed by atoms with van der Waals surface area (Å²) in [7, 11) is 0. The number of benzene rings is 1. The van der Waals surface area contributed by atoms with E-state index in [1.165, 1.54) is 6.07 Å². The van der Waals surface area contributed by atoms with Crippen LogP contribution in [0.2, 0.25) is 5.02 Å². The zero-order valence-electron chi connectivity index (χ0n) is 10.4. The lowest BCUT2D eigenvalue weighted by atomic mass is 10.2. The van der Waals surface area contributed by atoms with Gasteiger partial charge >= 0.3 is 0 Å². The van der Waals surface area contributed by atoms with Gasteiger partial charge in [0.25, 0.3) is 0 Å². The van der Waals surface area contributed by atoms with Crippen LogP contribution in [-0.4, -0.2) is 28.5 Å². The van der Waals surface area contributed by atoms with Crippen molar-refractivity contribution in [2.45, 2.75) is 26.4 Å². The van der Waals surface area contributed by atoms with Crippen molar-refractivity contribution in [1.82, 2.24) is 4.90 Å². The predicted molar refractivity (Wildman–Crippen MR) is 70.4 cm³/mol. The standard InChI is InChI=1S/C12H17ClFN3O/c1-8(2)17(7-11(15)16-18)6-9-4-3-5-10(14)12(9)13/h3-5,8,18H,6-7H2,1-2H3,(H2,15,16). The fourth-order valence-corrected chi connectivity index (χ4v) is 1.74. The molecule has 0 aliphatic heterocycles. The van der Waals surface area contributed by atoms with E-state index >= 15 is 0 Å². The molecule has 1 aromatic rings. The Labute approximate surface area is 111 Å².